The maximum Gasteiger partial charge on any atom is 0.573 e. The van der Waals surface area contributed by atoms with Gasteiger partial charge in [-0.1, -0.05) is 12.1 Å². The summed E-state index contributed by atoms with van der Waals surface area (Å²) >= 11 is 0. The molecule has 2 aromatic rings. The number of benzene rings is 1. The number of alkyl halides is 3. The number of aromatic nitrogens is 1. The highest BCUT2D eigenvalue weighted by Gasteiger charge is 2.31. The summed E-state index contributed by atoms with van der Waals surface area (Å²) in [5.41, 5.74) is 6.67. The molecule has 0 aliphatic heterocycles. The minimum atomic E-state index is -4.76. The topological polar surface area (TPSA) is 71.9 Å². The van der Waals surface area contributed by atoms with Gasteiger partial charge in [-0.2, -0.15) is 5.26 Å². The van der Waals surface area contributed by atoms with Crippen LogP contribution >= 0.6 is 0 Å². The van der Waals surface area contributed by atoms with E-state index in [0.29, 0.717) is 11.3 Å². The van der Waals surface area contributed by atoms with Gasteiger partial charge in [0.15, 0.2) is 0 Å². The highest BCUT2D eigenvalue weighted by atomic mass is 19.4. The van der Waals surface area contributed by atoms with Crippen LogP contribution in [0.5, 0.6) is 5.75 Å². The van der Waals surface area contributed by atoms with E-state index in [1.807, 2.05) is 6.07 Å². The summed E-state index contributed by atoms with van der Waals surface area (Å²) in [6, 6.07) is 8.62. The molecule has 0 bridgehead atoms. The molecule has 0 saturated carbocycles. The van der Waals surface area contributed by atoms with E-state index in [2.05, 4.69) is 9.72 Å². The molecule has 2 N–H and O–H groups in total. The van der Waals surface area contributed by atoms with Gasteiger partial charge in [0, 0.05) is 5.56 Å². The van der Waals surface area contributed by atoms with Gasteiger partial charge >= 0.3 is 6.36 Å². The third kappa shape index (κ3) is 3.17. The van der Waals surface area contributed by atoms with Gasteiger partial charge in [0.2, 0.25) is 0 Å². The molecular weight excluding hydrogens is 271 g/mol. The Bertz CT molecular complexity index is 677. The molecule has 0 radical (unpaired) electrons. The first-order valence-corrected chi connectivity index (χ1v) is 5.41. The van der Waals surface area contributed by atoms with Crippen molar-refractivity contribution in [1.29, 1.82) is 5.26 Å². The van der Waals surface area contributed by atoms with Crippen LogP contribution in [0.3, 0.4) is 0 Å². The fraction of sp³-hybridized carbons (Fsp3) is 0.0769. The maximum atomic E-state index is 12.1. The second-order valence-corrected chi connectivity index (χ2v) is 3.84. The number of anilines is 1. The van der Waals surface area contributed by atoms with Gasteiger partial charge in [-0.25, -0.2) is 0 Å². The predicted octanol–water partition coefficient (Wildman–Crippen LogP) is 3.10. The van der Waals surface area contributed by atoms with Gasteiger partial charge in [0.05, 0.1) is 23.1 Å². The summed E-state index contributed by atoms with van der Waals surface area (Å²) in [5, 5.41) is 8.87. The molecule has 2 rings (SSSR count). The Morgan fingerprint density at radius 1 is 1.25 bits per heavy atom. The average molecular weight is 279 g/mol. The fourth-order valence-electron chi connectivity index (χ4n) is 1.57. The van der Waals surface area contributed by atoms with Crippen LogP contribution in [0.2, 0.25) is 0 Å². The Kier molecular flexibility index (Phi) is 3.48. The number of nitrogen functional groups attached to an aromatic ring is 1. The van der Waals surface area contributed by atoms with Crippen molar-refractivity contribution in [1.82, 2.24) is 4.98 Å². The first kappa shape index (κ1) is 13.7. The average Bonchev–Trinajstić information content (AvgIpc) is 2.37. The molecule has 20 heavy (non-hydrogen) atoms. The van der Waals surface area contributed by atoms with Gasteiger partial charge in [-0.05, 0) is 18.2 Å². The minimum Gasteiger partial charge on any atom is -0.406 e. The molecule has 1 aromatic carbocycles. The Morgan fingerprint density at radius 3 is 2.65 bits per heavy atom. The van der Waals surface area contributed by atoms with Crippen molar-refractivity contribution in [2.75, 3.05) is 5.73 Å². The Hall–Kier alpha value is -2.75. The largest absolute Gasteiger partial charge is 0.573 e. The van der Waals surface area contributed by atoms with E-state index in [1.165, 1.54) is 30.5 Å². The molecule has 0 spiro atoms. The Labute approximate surface area is 112 Å². The highest BCUT2D eigenvalue weighted by Crippen LogP contribution is 2.28. The zero-order valence-corrected chi connectivity index (χ0v) is 9.98. The highest BCUT2D eigenvalue weighted by molar-refractivity contribution is 5.66. The molecule has 0 atom stereocenters. The third-order valence-electron chi connectivity index (χ3n) is 2.42. The van der Waals surface area contributed by atoms with Crippen LogP contribution in [0.15, 0.2) is 36.5 Å². The van der Waals surface area contributed by atoms with Crippen molar-refractivity contribution in [3.63, 3.8) is 0 Å². The van der Waals surface area contributed by atoms with Gasteiger partial charge in [-0.15, -0.1) is 13.2 Å². The zero-order chi connectivity index (χ0) is 14.8. The number of hydrogen-bond donors (Lipinski definition) is 1. The lowest BCUT2D eigenvalue weighted by Crippen LogP contribution is -2.17. The lowest BCUT2D eigenvalue weighted by atomic mass is 10.1. The molecule has 1 aromatic heterocycles. The maximum absolute atomic E-state index is 12.1. The lowest BCUT2D eigenvalue weighted by molar-refractivity contribution is -0.274. The molecule has 0 amide bonds. The van der Waals surface area contributed by atoms with Crippen molar-refractivity contribution in [3.05, 3.63) is 42.1 Å². The second kappa shape index (κ2) is 5.09. The molecule has 4 nitrogen and oxygen atoms in total. The van der Waals surface area contributed by atoms with Gasteiger partial charge < -0.3 is 10.5 Å². The quantitative estimate of drug-likeness (QED) is 0.916. The SMILES string of the molecule is N#Cc1cc(-c2cccc(OC(F)(F)F)c2)ncc1N. The molecular formula is C13H8F3N3O. The van der Waals surface area contributed by atoms with Crippen LogP contribution < -0.4 is 10.5 Å². The summed E-state index contributed by atoms with van der Waals surface area (Å²) in [7, 11) is 0. The van der Waals surface area contributed by atoms with E-state index in [1.54, 1.807) is 6.07 Å². The van der Waals surface area contributed by atoms with E-state index in [9.17, 15) is 13.2 Å². The summed E-state index contributed by atoms with van der Waals surface area (Å²) in [4.78, 5) is 3.98. The van der Waals surface area contributed by atoms with E-state index < -0.39 is 6.36 Å². The first-order valence-electron chi connectivity index (χ1n) is 5.41. The summed E-state index contributed by atoms with van der Waals surface area (Å²) in [6.45, 7) is 0. The molecule has 0 saturated heterocycles. The third-order valence-corrected chi connectivity index (χ3v) is 2.42. The molecule has 1 heterocycles. The number of halogens is 3. The number of hydrogen-bond acceptors (Lipinski definition) is 4. The van der Waals surface area contributed by atoms with E-state index in [4.69, 9.17) is 11.0 Å². The standard InChI is InChI=1S/C13H8F3N3O/c14-13(15,16)20-10-3-1-2-8(4-10)12-5-9(6-17)11(18)7-19-12/h1-5,7H,18H2. The van der Waals surface area contributed by atoms with Crippen LogP contribution in [0.25, 0.3) is 11.3 Å². The Balaban J connectivity index is 2.39. The van der Waals surface area contributed by atoms with Crippen LogP contribution in [-0.2, 0) is 0 Å². The number of nitrogens with zero attached hydrogens (tertiary/aromatic N) is 2. The van der Waals surface area contributed by atoms with Crippen molar-refractivity contribution >= 4 is 5.69 Å². The number of pyridine rings is 1. The van der Waals surface area contributed by atoms with E-state index >= 15 is 0 Å². The van der Waals surface area contributed by atoms with Crippen LogP contribution in [0, 0.1) is 11.3 Å². The van der Waals surface area contributed by atoms with Crippen molar-refractivity contribution < 1.29 is 17.9 Å². The van der Waals surface area contributed by atoms with Gasteiger partial charge in [-0.3, -0.25) is 4.98 Å². The van der Waals surface area contributed by atoms with Crippen molar-refractivity contribution in [2.24, 2.45) is 0 Å². The molecule has 7 heteroatoms. The van der Waals surface area contributed by atoms with Gasteiger partial charge in [0.1, 0.15) is 11.8 Å². The molecule has 0 fully saturated rings. The normalized spacial score (nSPS) is 10.9. The summed E-state index contributed by atoms with van der Waals surface area (Å²) in [5.74, 6) is -0.355. The summed E-state index contributed by atoms with van der Waals surface area (Å²) < 4.78 is 40.3. The smallest absolute Gasteiger partial charge is 0.406 e. The monoisotopic (exact) mass is 279 g/mol. The summed E-state index contributed by atoms with van der Waals surface area (Å²) in [6.07, 6.45) is -3.48. The number of ether oxygens (including phenoxy) is 1. The van der Waals surface area contributed by atoms with Crippen molar-refractivity contribution in [2.45, 2.75) is 6.36 Å². The number of rotatable bonds is 2. The zero-order valence-electron chi connectivity index (χ0n) is 9.98. The Morgan fingerprint density at radius 2 is 2.00 bits per heavy atom. The van der Waals surface area contributed by atoms with Crippen molar-refractivity contribution in [3.8, 4) is 23.1 Å². The lowest BCUT2D eigenvalue weighted by Gasteiger charge is -2.10. The first-order chi connectivity index (χ1) is 9.39. The molecule has 0 aliphatic carbocycles. The van der Waals surface area contributed by atoms with E-state index in [0.717, 1.165) is 0 Å². The van der Waals surface area contributed by atoms with Crippen LogP contribution in [0.1, 0.15) is 5.56 Å². The second-order valence-electron chi connectivity index (χ2n) is 3.84. The number of nitriles is 1. The van der Waals surface area contributed by atoms with Crippen LogP contribution in [0.4, 0.5) is 18.9 Å². The number of nitrogens with two attached hydrogens (primary N) is 1. The fourth-order valence-corrected chi connectivity index (χ4v) is 1.57. The van der Waals surface area contributed by atoms with Gasteiger partial charge in [0.25, 0.3) is 0 Å². The molecule has 0 aliphatic rings. The molecule has 102 valence electrons. The predicted molar refractivity (Wildman–Crippen MR) is 65.5 cm³/mol. The minimum absolute atomic E-state index is 0.206. The molecule has 0 unspecified atom stereocenters. The van der Waals surface area contributed by atoms with E-state index in [-0.39, 0.29) is 17.0 Å². The van der Waals surface area contributed by atoms with Crippen LogP contribution in [-0.4, -0.2) is 11.3 Å².